The number of benzene rings is 3. The fraction of sp³-hybridized carbons (Fsp3) is 0.200. The summed E-state index contributed by atoms with van der Waals surface area (Å²) in [6, 6.07) is 17.5. The first kappa shape index (κ1) is 22.8. The molecule has 170 valence electrons. The van der Waals surface area contributed by atoms with Gasteiger partial charge >= 0.3 is 5.69 Å². The van der Waals surface area contributed by atoms with Crippen LogP contribution in [0, 0.1) is 5.82 Å². The molecule has 0 saturated carbocycles. The van der Waals surface area contributed by atoms with Gasteiger partial charge in [-0.15, -0.1) is 0 Å². The normalized spacial score (nSPS) is 11.4. The van der Waals surface area contributed by atoms with E-state index in [1.165, 1.54) is 16.7 Å². The molecular weight excluding hydrogens is 447 g/mol. The largest absolute Gasteiger partial charge is 0.421 e. The van der Waals surface area contributed by atoms with E-state index in [2.05, 4.69) is 0 Å². The van der Waals surface area contributed by atoms with Crippen molar-refractivity contribution in [2.75, 3.05) is 0 Å². The van der Waals surface area contributed by atoms with E-state index in [4.69, 9.17) is 16.3 Å². The molecule has 0 spiro atoms. The fourth-order valence-corrected chi connectivity index (χ4v) is 3.99. The number of ether oxygens (including phenoxy) is 1. The Bertz CT molecular complexity index is 1460. The Balaban J connectivity index is 1.82. The van der Waals surface area contributed by atoms with Crippen molar-refractivity contribution < 1.29 is 14.3 Å². The van der Waals surface area contributed by atoms with Crippen molar-refractivity contribution in [1.29, 1.82) is 0 Å². The van der Waals surface area contributed by atoms with Gasteiger partial charge in [-0.2, -0.15) is 0 Å². The van der Waals surface area contributed by atoms with Crippen LogP contribution in [0.2, 0.25) is 5.02 Å². The van der Waals surface area contributed by atoms with Crippen LogP contribution in [0.15, 0.2) is 70.3 Å². The number of aromatic nitrogens is 2. The highest BCUT2D eigenvalue weighted by Crippen LogP contribution is 2.29. The molecule has 0 atom stereocenters. The summed E-state index contributed by atoms with van der Waals surface area (Å²) >= 11 is 5.79. The van der Waals surface area contributed by atoms with Gasteiger partial charge in [-0.05, 0) is 40.5 Å². The Morgan fingerprint density at radius 1 is 1.03 bits per heavy atom. The molecule has 8 heteroatoms. The van der Waals surface area contributed by atoms with Crippen LogP contribution in [0.4, 0.5) is 4.39 Å². The molecule has 0 radical (unpaired) electrons. The minimum Gasteiger partial charge on any atom is -0.421 e. The minimum absolute atomic E-state index is 0.0894. The van der Waals surface area contributed by atoms with Crippen LogP contribution in [0.3, 0.4) is 0 Å². The summed E-state index contributed by atoms with van der Waals surface area (Å²) in [6.45, 7) is 3.18. The van der Waals surface area contributed by atoms with Crippen LogP contribution in [0.1, 0.15) is 30.9 Å². The lowest BCUT2D eigenvalue weighted by atomic mass is 9.96. The molecule has 1 aromatic heterocycles. The molecule has 6 nitrogen and oxygen atoms in total. The first-order valence-electron chi connectivity index (χ1n) is 10.4. The second-order valence-electron chi connectivity index (χ2n) is 8.02. The maximum absolute atomic E-state index is 14.1. The second kappa shape index (κ2) is 9.21. The highest BCUT2D eigenvalue weighted by atomic mass is 35.5. The monoisotopic (exact) mass is 468 g/mol. The highest BCUT2D eigenvalue weighted by molar-refractivity contribution is 6.30. The van der Waals surface area contributed by atoms with Crippen molar-refractivity contribution in [2.45, 2.75) is 33.1 Å². The van der Waals surface area contributed by atoms with Crippen LogP contribution in [0.5, 0.6) is 0 Å². The predicted octanol–water partition coefficient (Wildman–Crippen LogP) is 5.16. The van der Waals surface area contributed by atoms with Gasteiger partial charge in [0.15, 0.2) is 0 Å². The molecule has 0 aliphatic heterocycles. The lowest BCUT2D eigenvalue weighted by Gasteiger charge is -2.20. The Morgan fingerprint density at radius 2 is 1.76 bits per heavy atom. The van der Waals surface area contributed by atoms with Gasteiger partial charge in [0.2, 0.25) is 0 Å². The Morgan fingerprint density at radius 3 is 2.45 bits per heavy atom. The number of fused-ring (bicyclic) bond motifs is 1. The standard InChI is InChI=1S/C25H22ClFN2O4/c1-15(2)22-23(18-8-7-16-5-3-4-6-17(16)11-18)28(25(31)29(32)24(22)30)14-33-13-19-9-10-20(26)12-21(19)27/h3-12,15,32H,13-14H2,1-2H3. The van der Waals surface area contributed by atoms with Gasteiger partial charge in [-0.25, -0.2) is 9.18 Å². The van der Waals surface area contributed by atoms with Gasteiger partial charge in [0, 0.05) is 16.1 Å². The van der Waals surface area contributed by atoms with E-state index >= 15 is 0 Å². The number of hydrogen-bond donors (Lipinski definition) is 1. The molecular formula is C25H22ClFN2O4. The van der Waals surface area contributed by atoms with Crippen LogP contribution in [0.25, 0.3) is 22.0 Å². The molecule has 0 fully saturated rings. The molecule has 0 amide bonds. The first-order valence-corrected chi connectivity index (χ1v) is 10.8. The molecule has 0 unspecified atom stereocenters. The van der Waals surface area contributed by atoms with Crippen LogP contribution < -0.4 is 11.2 Å². The lowest BCUT2D eigenvalue weighted by Crippen LogP contribution is -2.42. The summed E-state index contributed by atoms with van der Waals surface area (Å²) in [4.78, 5) is 25.7. The topological polar surface area (TPSA) is 73.5 Å². The maximum Gasteiger partial charge on any atom is 0.366 e. The zero-order chi connectivity index (χ0) is 23.7. The smallest absolute Gasteiger partial charge is 0.366 e. The van der Waals surface area contributed by atoms with Gasteiger partial charge in [-0.1, -0.05) is 72.6 Å². The molecule has 33 heavy (non-hydrogen) atoms. The van der Waals surface area contributed by atoms with E-state index in [0.29, 0.717) is 11.3 Å². The summed E-state index contributed by atoms with van der Waals surface area (Å²) < 4.78 is 21.0. The van der Waals surface area contributed by atoms with E-state index in [-0.39, 0.29) is 40.1 Å². The third kappa shape index (κ3) is 4.42. The van der Waals surface area contributed by atoms with Crippen molar-refractivity contribution in [3.8, 4) is 11.3 Å². The van der Waals surface area contributed by atoms with Crippen molar-refractivity contribution in [3.63, 3.8) is 0 Å². The average Bonchev–Trinajstić information content (AvgIpc) is 2.79. The molecule has 4 rings (SSSR count). The number of rotatable bonds is 6. The van der Waals surface area contributed by atoms with Crippen molar-refractivity contribution in [1.82, 2.24) is 9.30 Å². The van der Waals surface area contributed by atoms with Gasteiger partial charge in [0.1, 0.15) is 12.5 Å². The molecule has 1 N–H and O–H groups in total. The zero-order valence-corrected chi connectivity index (χ0v) is 18.8. The number of halogens is 2. The molecule has 1 heterocycles. The van der Waals surface area contributed by atoms with Crippen molar-refractivity contribution in [2.24, 2.45) is 0 Å². The van der Waals surface area contributed by atoms with Crippen LogP contribution in [-0.4, -0.2) is 14.5 Å². The van der Waals surface area contributed by atoms with E-state index in [9.17, 15) is 19.2 Å². The zero-order valence-electron chi connectivity index (χ0n) is 18.1. The highest BCUT2D eigenvalue weighted by Gasteiger charge is 2.23. The van der Waals surface area contributed by atoms with E-state index in [1.807, 2.05) is 42.5 Å². The van der Waals surface area contributed by atoms with E-state index < -0.39 is 17.1 Å². The summed E-state index contributed by atoms with van der Waals surface area (Å²) in [6.07, 6.45) is 0. The fourth-order valence-electron chi connectivity index (χ4n) is 3.83. The summed E-state index contributed by atoms with van der Waals surface area (Å²) in [5.74, 6) is -0.822. The Labute approximate surface area is 194 Å². The SMILES string of the molecule is CC(C)c1c(-c2ccc3ccccc3c2)n(COCc2ccc(Cl)cc2F)c(=O)n(O)c1=O. The van der Waals surface area contributed by atoms with Crippen LogP contribution >= 0.6 is 11.6 Å². The van der Waals surface area contributed by atoms with Gasteiger partial charge in [0.25, 0.3) is 5.56 Å². The quantitative estimate of drug-likeness (QED) is 0.397. The van der Waals surface area contributed by atoms with Crippen LogP contribution in [-0.2, 0) is 18.1 Å². The van der Waals surface area contributed by atoms with Crippen molar-refractivity contribution in [3.05, 3.63) is 103 Å². The van der Waals surface area contributed by atoms with Gasteiger partial charge < -0.3 is 9.94 Å². The molecule has 3 aromatic carbocycles. The third-order valence-electron chi connectivity index (χ3n) is 5.45. The van der Waals surface area contributed by atoms with Gasteiger partial charge in [-0.3, -0.25) is 9.36 Å². The average molecular weight is 469 g/mol. The third-order valence-corrected chi connectivity index (χ3v) is 5.69. The molecule has 0 bridgehead atoms. The molecule has 4 aromatic rings. The lowest BCUT2D eigenvalue weighted by molar-refractivity contribution is 0.0516. The van der Waals surface area contributed by atoms with E-state index in [0.717, 1.165) is 10.8 Å². The molecule has 0 saturated heterocycles. The van der Waals surface area contributed by atoms with Gasteiger partial charge in [0.05, 0.1) is 12.3 Å². The summed E-state index contributed by atoms with van der Waals surface area (Å²) in [5.41, 5.74) is -0.196. The van der Waals surface area contributed by atoms with Crippen molar-refractivity contribution >= 4 is 22.4 Å². The minimum atomic E-state index is -0.941. The molecule has 0 aliphatic rings. The Hall–Kier alpha value is -3.42. The Kier molecular flexibility index (Phi) is 6.35. The molecule has 0 aliphatic carbocycles. The summed E-state index contributed by atoms with van der Waals surface area (Å²) in [5, 5.41) is 12.4. The summed E-state index contributed by atoms with van der Waals surface area (Å²) in [7, 11) is 0. The second-order valence-corrected chi connectivity index (χ2v) is 8.46. The first-order chi connectivity index (χ1) is 15.8. The van der Waals surface area contributed by atoms with E-state index in [1.54, 1.807) is 19.9 Å². The number of hydrogen-bond acceptors (Lipinski definition) is 4. The number of nitrogens with zero attached hydrogens (tertiary/aromatic N) is 2. The maximum atomic E-state index is 14.1. The predicted molar refractivity (Wildman–Crippen MR) is 125 cm³/mol.